The van der Waals surface area contributed by atoms with E-state index in [4.69, 9.17) is 23.2 Å². The molecule has 0 radical (unpaired) electrons. The fourth-order valence-electron chi connectivity index (χ4n) is 2.05. The van der Waals surface area contributed by atoms with Gasteiger partial charge in [0.2, 0.25) is 5.91 Å². The minimum atomic E-state index is -4.73. The van der Waals surface area contributed by atoms with Gasteiger partial charge in [-0.1, -0.05) is 29.3 Å². The first-order valence-corrected chi connectivity index (χ1v) is 7.93. The number of anilines is 1. The van der Waals surface area contributed by atoms with Crippen molar-refractivity contribution in [3.05, 3.63) is 45.7 Å². The first-order valence-electron chi connectivity index (χ1n) is 7.17. The van der Waals surface area contributed by atoms with E-state index < -0.39 is 35.4 Å². The Labute approximate surface area is 156 Å². The van der Waals surface area contributed by atoms with Crippen LogP contribution in [0.5, 0.6) is 0 Å². The summed E-state index contributed by atoms with van der Waals surface area (Å²) < 4.78 is 39.6. The monoisotopic (exact) mass is 408 g/mol. The van der Waals surface area contributed by atoms with Gasteiger partial charge in [-0.2, -0.15) is 18.3 Å². The van der Waals surface area contributed by atoms with Gasteiger partial charge in [0.15, 0.2) is 5.69 Å². The molecule has 0 aliphatic carbocycles. The molecule has 1 heterocycles. The summed E-state index contributed by atoms with van der Waals surface area (Å²) in [6.45, 7) is 1.31. The molecule has 0 unspecified atom stereocenters. The van der Waals surface area contributed by atoms with E-state index in [1.165, 1.54) is 32.2 Å². The fraction of sp³-hybridized carbons (Fsp3) is 0.267. The Kier molecular flexibility index (Phi) is 5.82. The first kappa shape index (κ1) is 20.1. The molecule has 0 saturated heterocycles. The Morgan fingerprint density at radius 1 is 1.27 bits per heavy atom. The van der Waals surface area contributed by atoms with Crippen LogP contribution in [0, 0.1) is 0 Å². The van der Waals surface area contributed by atoms with Crippen LogP contribution in [0.1, 0.15) is 23.0 Å². The second kappa shape index (κ2) is 7.55. The summed E-state index contributed by atoms with van der Waals surface area (Å²) in [4.78, 5) is 24.3. The van der Waals surface area contributed by atoms with Crippen molar-refractivity contribution >= 4 is 40.7 Å². The summed E-state index contributed by atoms with van der Waals surface area (Å²) in [5, 5.41) is 7.89. The molecule has 0 fully saturated rings. The third-order valence-electron chi connectivity index (χ3n) is 3.29. The van der Waals surface area contributed by atoms with Crippen molar-refractivity contribution < 1.29 is 22.8 Å². The zero-order valence-corrected chi connectivity index (χ0v) is 15.0. The number of hydrogen-bond donors (Lipinski definition) is 2. The van der Waals surface area contributed by atoms with E-state index in [1.807, 2.05) is 0 Å². The van der Waals surface area contributed by atoms with Crippen molar-refractivity contribution in [2.45, 2.75) is 19.1 Å². The number of aryl methyl sites for hydroxylation is 1. The number of alkyl halides is 3. The molecule has 140 valence electrons. The number of nitrogens with one attached hydrogen (secondary N) is 2. The van der Waals surface area contributed by atoms with Gasteiger partial charge < -0.3 is 10.6 Å². The molecular weight excluding hydrogens is 396 g/mol. The number of hydrogen-bond acceptors (Lipinski definition) is 3. The lowest BCUT2D eigenvalue weighted by Gasteiger charge is -2.15. The maximum atomic E-state index is 12.9. The van der Waals surface area contributed by atoms with Crippen LogP contribution in [-0.4, -0.2) is 27.6 Å². The maximum absolute atomic E-state index is 12.9. The van der Waals surface area contributed by atoms with E-state index in [0.717, 1.165) is 10.9 Å². The minimum Gasteiger partial charge on any atom is -0.340 e. The zero-order valence-electron chi connectivity index (χ0n) is 13.5. The second-order valence-electron chi connectivity index (χ2n) is 5.35. The quantitative estimate of drug-likeness (QED) is 0.812. The molecule has 11 heteroatoms. The van der Waals surface area contributed by atoms with Crippen LogP contribution in [-0.2, 0) is 18.0 Å². The molecule has 1 atom stereocenters. The molecule has 2 N–H and O–H groups in total. The average Bonchev–Trinajstić information content (AvgIpc) is 2.90. The largest absolute Gasteiger partial charge is 0.437 e. The minimum absolute atomic E-state index is 0.00546. The highest BCUT2D eigenvalue weighted by atomic mass is 35.5. The Morgan fingerprint density at radius 2 is 1.92 bits per heavy atom. The zero-order chi connectivity index (χ0) is 19.6. The molecule has 0 bridgehead atoms. The van der Waals surface area contributed by atoms with Gasteiger partial charge in [-0.25, -0.2) is 0 Å². The molecule has 26 heavy (non-hydrogen) atoms. The molecule has 2 rings (SSSR count). The van der Waals surface area contributed by atoms with E-state index in [9.17, 15) is 22.8 Å². The summed E-state index contributed by atoms with van der Waals surface area (Å²) in [5.41, 5.74) is -1.70. The lowest BCUT2D eigenvalue weighted by Crippen LogP contribution is -2.41. The van der Waals surface area contributed by atoms with Crippen LogP contribution < -0.4 is 10.6 Å². The summed E-state index contributed by atoms with van der Waals surface area (Å²) >= 11 is 11.7. The SMILES string of the molecule is C[C@@H](NC(=O)c1cccc(Cl)c1Cl)C(=O)Nc1cn(C)nc1C(F)(F)F. The molecule has 0 aliphatic rings. The van der Waals surface area contributed by atoms with Crippen molar-refractivity contribution in [2.75, 3.05) is 5.32 Å². The lowest BCUT2D eigenvalue weighted by molar-refractivity contribution is -0.140. The number of carbonyl (C=O) groups excluding carboxylic acids is 2. The van der Waals surface area contributed by atoms with E-state index in [1.54, 1.807) is 0 Å². The molecule has 2 amide bonds. The third-order valence-corrected chi connectivity index (χ3v) is 4.11. The summed E-state index contributed by atoms with van der Waals surface area (Å²) in [6, 6.07) is 3.24. The van der Waals surface area contributed by atoms with Gasteiger partial charge in [0.05, 0.1) is 21.3 Å². The highest BCUT2D eigenvalue weighted by molar-refractivity contribution is 6.43. The first-order chi connectivity index (χ1) is 12.0. The molecular formula is C15H13Cl2F3N4O2. The lowest BCUT2D eigenvalue weighted by atomic mass is 10.2. The van der Waals surface area contributed by atoms with Gasteiger partial charge in [0.25, 0.3) is 5.91 Å². The predicted octanol–water partition coefficient (Wildman–Crippen LogP) is 3.50. The molecule has 1 aromatic carbocycles. The van der Waals surface area contributed by atoms with E-state index in [0.29, 0.717) is 0 Å². The molecule has 0 spiro atoms. The normalized spacial score (nSPS) is 12.6. The van der Waals surface area contributed by atoms with Gasteiger partial charge in [-0.3, -0.25) is 14.3 Å². The number of carbonyl (C=O) groups is 2. The van der Waals surface area contributed by atoms with Crippen molar-refractivity contribution in [1.29, 1.82) is 0 Å². The van der Waals surface area contributed by atoms with Crippen molar-refractivity contribution in [2.24, 2.45) is 7.05 Å². The van der Waals surface area contributed by atoms with Gasteiger partial charge >= 0.3 is 6.18 Å². The topological polar surface area (TPSA) is 76.0 Å². The third kappa shape index (κ3) is 4.47. The van der Waals surface area contributed by atoms with Gasteiger partial charge in [0.1, 0.15) is 6.04 Å². The molecule has 2 aromatic rings. The number of benzene rings is 1. The number of aromatic nitrogens is 2. The van der Waals surface area contributed by atoms with Crippen molar-refractivity contribution in [1.82, 2.24) is 15.1 Å². The van der Waals surface area contributed by atoms with Crippen molar-refractivity contribution in [3.8, 4) is 0 Å². The number of rotatable bonds is 4. The second-order valence-corrected chi connectivity index (χ2v) is 6.13. The van der Waals surface area contributed by atoms with Crippen molar-refractivity contribution in [3.63, 3.8) is 0 Å². The smallest absolute Gasteiger partial charge is 0.340 e. The van der Waals surface area contributed by atoms with E-state index in [2.05, 4.69) is 15.7 Å². The Hall–Kier alpha value is -2.26. The van der Waals surface area contributed by atoms with Crippen LogP contribution >= 0.6 is 23.2 Å². The predicted molar refractivity (Wildman–Crippen MR) is 90.2 cm³/mol. The maximum Gasteiger partial charge on any atom is 0.437 e. The highest BCUT2D eigenvalue weighted by Crippen LogP contribution is 2.33. The van der Waals surface area contributed by atoms with Crippen LogP contribution in [0.2, 0.25) is 10.0 Å². The van der Waals surface area contributed by atoms with Gasteiger partial charge in [0, 0.05) is 13.2 Å². The summed E-state index contributed by atoms with van der Waals surface area (Å²) in [7, 11) is 1.29. The Morgan fingerprint density at radius 3 is 2.54 bits per heavy atom. The number of nitrogens with zero attached hydrogens (tertiary/aromatic N) is 2. The average molecular weight is 409 g/mol. The Balaban J connectivity index is 2.11. The molecule has 1 aromatic heterocycles. The van der Waals surface area contributed by atoms with Crippen LogP contribution in [0.4, 0.5) is 18.9 Å². The van der Waals surface area contributed by atoms with Crippen LogP contribution in [0.25, 0.3) is 0 Å². The summed E-state index contributed by atoms with van der Waals surface area (Å²) in [6.07, 6.45) is -3.71. The number of halogens is 5. The number of amides is 2. The summed E-state index contributed by atoms with van der Waals surface area (Å²) in [5.74, 6) is -1.54. The van der Waals surface area contributed by atoms with E-state index in [-0.39, 0.29) is 15.6 Å². The molecule has 6 nitrogen and oxygen atoms in total. The van der Waals surface area contributed by atoms with E-state index >= 15 is 0 Å². The van der Waals surface area contributed by atoms with Gasteiger partial charge in [-0.05, 0) is 19.1 Å². The Bertz CT molecular complexity index is 852. The van der Waals surface area contributed by atoms with Crippen LogP contribution in [0.3, 0.4) is 0 Å². The molecule has 0 aliphatic heterocycles. The standard InChI is InChI=1S/C15H13Cl2F3N4O2/c1-7(21-14(26)8-4-3-5-9(16)11(8)17)13(25)22-10-6-24(2)23-12(10)15(18,19)20/h3-7H,1-2H3,(H,21,26)(H,22,25)/t7-/m1/s1. The highest BCUT2D eigenvalue weighted by Gasteiger charge is 2.38. The van der Waals surface area contributed by atoms with Crippen LogP contribution in [0.15, 0.2) is 24.4 Å². The van der Waals surface area contributed by atoms with Gasteiger partial charge in [-0.15, -0.1) is 0 Å². The fourth-order valence-corrected chi connectivity index (χ4v) is 2.44. The molecule has 0 saturated carbocycles.